The van der Waals surface area contributed by atoms with Crippen molar-refractivity contribution in [2.45, 2.75) is 137 Å². The molecule has 20 heteroatoms. The molecule has 0 rings (SSSR count). The van der Waals surface area contributed by atoms with Crippen LogP contribution in [-0.4, -0.2) is 54.3 Å². The molecule has 270 valence electrons. The lowest BCUT2D eigenvalue weighted by atomic mass is 9.92. The third-order valence-electron chi connectivity index (χ3n) is 3.52. The Kier molecular flexibility index (Phi) is 23.3. The predicted molar refractivity (Wildman–Crippen MR) is 122 cm³/mol. The van der Waals surface area contributed by atoms with E-state index in [4.69, 9.17) is 0 Å². The van der Waals surface area contributed by atoms with Gasteiger partial charge in [0.2, 0.25) is 5.92 Å². The van der Waals surface area contributed by atoms with Gasteiger partial charge in [-0.05, 0) is 55.4 Å². The number of halogens is 20. The molecule has 0 fully saturated rings. The molecule has 0 atom stereocenters. The largest absolute Gasteiger partial charge is 0.421 e. The third kappa shape index (κ3) is 36.7. The van der Waals surface area contributed by atoms with Gasteiger partial charge < -0.3 is 0 Å². The molecule has 0 aliphatic heterocycles. The summed E-state index contributed by atoms with van der Waals surface area (Å²) in [4.78, 5) is 0. The maximum Gasteiger partial charge on any atom is 0.421 e. The first-order valence-electron chi connectivity index (χ1n) is 11.4. The maximum absolute atomic E-state index is 11.8. The summed E-state index contributed by atoms with van der Waals surface area (Å²) in [5.41, 5.74) is -6.69. The number of alkyl halides is 20. The lowest BCUT2D eigenvalue weighted by molar-refractivity contribution is -0.327. The van der Waals surface area contributed by atoms with Crippen molar-refractivity contribution in [1.82, 2.24) is 0 Å². The molecule has 0 aliphatic carbocycles. The van der Waals surface area contributed by atoms with Crippen LogP contribution in [0.1, 0.15) is 83.1 Å². The highest BCUT2D eigenvalue weighted by Gasteiger charge is 2.64. The van der Waals surface area contributed by atoms with E-state index < -0.39 is 65.6 Å². The van der Waals surface area contributed by atoms with Crippen molar-refractivity contribution in [2.24, 2.45) is 11.3 Å². The molecule has 0 heterocycles. The van der Waals surface area contributed by atoms with Gasteiger partial charge in [0.15, 0.2) is 11.1 Å². The maximum atomic E-state index is 11.8. The van der Waals surface area contributed by atoms with Gasteiger partial charge in [-0.3, -0.25) is 0 Å². The second-order valence-electron chi connectivity index (χ2n) is 10.4. The van der Waals surface area contributed by atoms with Crippen molar-refractivity contribution < 1.29 is 87.8 Å². The number of hydrogen-bond donors (Lipinski definition) is 0. The van der Waals surface area contributed by atoms with Crippen LogP contribution in [-0.2, 0) is 0 Å². The van der Waals surface area contributed by atoms with Gasteiger partial charge in [-0.1, -0.05) is 13.8 Å². The van der Waals surface area contributed by atoms with Gasteiger partial charge in [-0.2, -0.15) is 52.7 Å². The molecule has 0 aromatic carbocycles. The molecule has 0 radical (unpaired) electrons. The summed E-state index contributed by atoms with van der Waals surface area (Å²) in [5, 5.41) is 0. The van der Waals surface area contributed by atoms with Crippen LogP contribution in [0.25, 0.3) is 0 Å². The molecule has 0 bridgehead atoms. The van der Waals surface area contributed by atoms with Crippen LogP contribution in [0.15, 0.2) is 0 Å². The normalized spacial score (nSPS) is 13.5. The van der Waals surface area contributed by atoms with Crippen molar-refractivity contribution in [3.63, 3.8) is 0 Å². The topological polar surface area (TPSA) is 0 Å². The summed E-state index contributed by atoms with van der Waals surface area (Å²) in [6.45, 7) is 8.50. The number of rotatable bonds is 1. The number of hydrogen-bond acceptors (Lipinski definition) is 0. The second kappa shape index (κ2) is 18.5. The van der Waals surface area contributed by atoms with Crippen LogP contribution >= 0.6 is 0 Å². The van der Waals surface area contributed by atoms with Gasteiger partial charge in [-0.15, -0.1) is 0 Å². The Morgan fingerprint density at radius 1 is 0.372 bits per heavy atom. The smallest absolute Gasteiger partial charge is 0.248 e. The molecule has 0 aliphatic rings. The van der Waals surface area contributed by atoms with Crippen LogP contribution in [0.3, 0.4) is 0 Å². The van der Waals surface area contributed by atoms with E-state index in [1.165, 1.54) is 13.8 Å². The molecule has 0 aromatic heterocycles. The second-order valence-corrected chi connectivity index (χ2v) is 10.4. The van der Waals surface area contributed by atoms with E-state index in [-0.39, 0.29) is 27.7 Å². The molecule has 43 heavy (non-hydrogen) atoms. The Morgan fingerprint density at radius 3 is 0.488 bits per heavy atom. The molecule has 0 amide bonds. The van der Waals surface area contributed by atoms with Crippen LogP contribution in [0.5, 0.6) is 0 Å². The predicted octanol–water partition coefficient (Wildman–Crippen LogP) is 13.0. The molecular weight excluding hydrogens is 656 g/mol. The summed E-state index contributed by atoms with van der Waals surface area (Å²) in [6.07, 6.45) is -19.9. The van der Waals surface area contributed by atoms with Crippen molar-refractivity contribution in [3.05, 3.63) is 0 Å². The zero-order valence-electron chi connectivity index (χ0n) is 25.2. The van der Waals surface area contributed by atoms with Gasteiger partial charge in [-0.25, -0.2) is 35.1 Å². The average Bonchev–Trinajstić information content (AvgIpc) is 2.54. The summed E-state index contributed by atoms with van der Waals surface area (Å²) < 4.78 is 227. The molecule has 0 N–H and O–H groups in total. The third-order valence-corrected chi connectivity index (χ3v) is 3.52. The Balaban J connectivity index is -0.0000000982. The van der Waals surface area contributed by atoms with E-state index in [0.29, 0.717) is 13.8 Å². The minimum Gasteiger partial charge on any atom is -0.248 e. The first kappa shape index (κ1) is 54.1. The van der Waals surface area contributed by atoms with E-state index in [9.17, 15) is 87.8 Å². The van der Waals surface area contributed by atoms with E-state index in [1.54, 1.807) is 0 Å². The summed E-state index contributed by atoms with van der Waals surface area (Å²) in [6, 6.07) is 0. The average molecular weight is 695 g/mol. The molecule has 0 aromatic rings. The monoisotopic (exact) mass is 694 g/mol. The van der Waals surface area contributed by atoms with Crippen LogP contribution in [0.4, 0.5) is 87.8 Å². The Bertz CT molecular complexity index is 595. The lowest BCUT2D eigenvalue weighted by Crippen LogP contribution is -2.44. The van der Waals surface area contributed by atoms with Crippen molar-refractivity contribution in [3.8, 4) is 0 Å². The van der Waals surface area contributed by atoms with E-state index in [0.717, 1.165) is 27.7 Å². The van der Waals surface area contributed by atoms with Gasteiger partial charge >= 0.3 is 36.6 Å². The quantitative estimate of drug-likeness (QED) is 0.240. The zero-order valence-corrected chi connectivity index (χ0v) is 25.2. The van der Waals surface area contributed by atoms with Gasteiger partial charge in [0.25, 0.3) is 0 Å². The molecule has 0 nitrogen and oxygen atoms in total. The minimum atomic E-state index is -5.24. The van der Waals surface area contributed by atoms with E-state index >= 15 is 0 Å². The first-order chi connectivity index (χ1) is 17.7. The summed E-state index contributed by atoms with van der Waals surface area (Å²) in [7, 11) is 0. The van der Waals surface area contributed by atoms with Gasteiger partial charge in [0, 0.05) is 19.8 Å². The Labute approximate surface area is 237 Å². The highest BCUT2D eigenvalue weighted by molar-refractivity contribution is 4.84. The van der Waals surface area contributed by atoms with Crippen molar-refractivity contribution in [1.29, 1.82) is 0 Å². The molecule has 0 spiro atoms. The SMILES string of the molecule is CC(C)(C(F)(F)F)C(F)(F)F.CC(C)(F)C(F)(F)F.CC(C)(F)F.CC(C)C(F)(F)F.CC(C)F.CC(F)(F)C(C)(F)F. The lowest BCUT2D eigenvalue weighted by Gasteiger charge is -2.29. The van der Waals surface area contributed by atoms with E-state index in [1.807, 2.05) is 0 Å². The van der Waals surface area contributed by atoms with Crippen LogP contribution in [0.2, 0.25) is 0 Å². The molecule has 0 saturated carbocycles. The Morgan fingerprint density at radius 2 is 0.488 bits per heavy atom. The van der Waals surface area contributed by atoms with Gasteiger partial charge in [0.05, 0.1) is 6.17 Å². The molecule has 0 unspecified atom stereocenters. The highest BCUT2D eigenvalue weighted by atomic mass is 19.4. The molecule has 0 saturated heterocycles. The minimum absolute atomic E-state index is 0.104. The highest BCUT2D eigenvalue weighted by Crippen LogP contribution is 2.49. The Hall–Kier alpha value is -1.40. The first-order valence-corrected chi connectivity index (χ1v) is 11.4. The van der Waals surface area contributed by atoms with Gasteiger partial charge in [0.1, 0.15) is 0 Å². The van der Waals surface area contributed by atoms with Crippen molar-refractivity contribution in [2.75, 3.05) is 0 Å². The summed E-state index contributed by atoms with van der Waals surface area (Å²) >= 11 is 0. The van der Waals surface area contributed by atoms with Crippen LogP contribution < -0.4 is 0 Å². The fourth-order valence-corrected chi connectivity index (χ4v) is 0.161. The zero-order chi connectivity index (χ0) is 37.7. The van der Waals surface area contributed by atoms with Crippen molar-refractivity contribution >= 4 is 0 Å². The standard InChI is InChI=1S/C5H6F6.2C4H6F4.C4H7F3.C3H6F2.C3H7F/c1-3(2,4(6,7)8)5(9,10)11;1-3(5,6)4(2,7)8;1-3(2,5)4(6,7)8;1-3(2)4(5,6)7;1-3(2,4)5;1-3(2)4/h1-2H3;2*1-2H3;3H,1-2H3;1-2H3;3H,1-2H3. The summed E-state index contributed by atoms with van der Waals surface area (Å²) in [5.74, 6) is -11.5. The fraction of sp³-hybridized carbons (Fsp3) is 1.00. The fourth-order valence-electron chi connectivity index (χ4n) is 0.161. The van der Waals surface area contributed by atoms with E-state index in [2.05, 4.69) is 0 Å². The van der Waals surface area contributed by atoms with Crippen LogP contribution in [0, 0.1) is 11.3 Å². The molecular formula is C23H38F20.